The zero-order valence-corrected chi connectivity index (χ0v) is 14.4. The van der Waals surface area contributed by atoms with Crippen molar-refractivity contribution < 1.29 is 9.53 Å². The Morgan fingerprint density at radius 1 is 1.12 bits per heavy atom. The zero-order chi connectivity index (χ0) is 18.2. The number of amides is 1. The van der Waals surface area contributed by atoms with Crippen LogP contribution in [0.2, 0.25) is 0 Å². The number of para-hydroxylation sites is 1. The Kier molecular flexibility index (Phi) is 5.76. The van der Waals surface area contributed by atoms with Gasteiger partial charge in [-0.3, -0.25) is 4.79 Å². The summed E-state index contributed by atoms with van der Waals surface area (Å²) in [7, 11) is 0. The number of ether oxygens (including phenoxy) is 1. The lowest BCUT2D eigenvalue weighted by atomic mass is 10.3. The topological polar surface area (TPSA) is 94.0 Å². The first-order chi connectivity index (χ1) is 12.7. The highest BCUT2D eigenvalue weighted by Crippen LogP contribution is 2.10. The van der Waals surface area contributed by atoms with Crippen LogP contribution in [0.15, 0.2) is 60.9 Å². The van der Waals surface area contributed by atoms with Crippen LogP contribution in [0, 0.1) is 0 Å². The fourth-order valence-corrected chi connectivity index (χ4v) is 2.22. The molecule has 2 heterocycles. The minimum Gasteiger partial charge on any atom is -0.481 e. The summed E-state index contributed by atoms with van der Waals surface area (Å²) in [5, 5.41) is 18.2. The number of aromatic nitrogens is 4. The molecule has 8 heteroatoms. The van der Waals surface area contributed by atoms with Gasteiger partial charge in [-0.1, -0.05) is 18.2 Å². The van der Waals surface area contributed by atoms with Crippen molar-refractivity contribution in [3.8, 4) is 11.6 Å². The molecule has 8 nitrogen and oxygen atoms in total. The number of nitrogens with one attached hydrogen (secondary N) is 2. The SMILES string of the molecule is CC(Oc1ccccc1)C(=O)NCCNc1ccc(-n2cccn2)nn1. The second kappa shape index (κ2) is 8.61. The Labute approximate surface area is 151 Å². The molecule has 0 radical (unpaired) electrons. The van der Waals surface area contributed by atoms with Crippen molar-refractivity contribution in [1.29, 1.82) is 0 Å². The van der Waals surface area contributed by atoms with Gasteiger partial charge in [0.05, 0.1) is 0 Å². The van der Waals surface area contributed by atoms with Gasteiger partial charge in [0.25, 0.3) is 5.91 Å². The average molecular weight is 352 g/mol. The van der Waals surface area contributed by atoms with Crippen molar-refractivity contribution in [2.24, 2.45) is 0 Å². The van der Waals surface area contributed by atoms with Crippen LogP contribution in [0.5, 0.6) is 5.75 Å². The summed E-state index contributed by atoms with van der Waals surface area (Å²) < 4.78 is 7.21. The lowest BCUT2D eigenvalue weighted by Crippen LogP contribution is -2.38. The van der Waals surface area contributed by atoms with Gasteiger partial charge in [-0.2, -0.15) is 5.10 Å². The number of rotatable bonds is 8. The Hall–Kier alpha value is -3.42. The van der Waals surface area contributed by atoms with Crippen LogP contribution >= 0.6 is 0 Å². The zero-order valence-electron chi connectivity index (χ0n) is 14.4. The van der Waals surface area contributed by atoms with Gasteiger partial charge >= 0.3 is 0 Å². The highest BCUT2D eigenvalue weighted by Gasteiger charge is 2.13. The summed E-state index contributed by atoms with van der Waals surface area (Å²) >= 11 is 0. The second-order valence-electron chi connectivity index (χ2n) is 5.52. The lowest BCUT2D eigenvalue weighted by molar-refractivity contribution is -0.127. The average Bonchev–Trinajstić information content (AvgIpc) is 3.21. The van der Waals surface area contributed by atoms with Crippen LogP contribution in [0.4, 0.5) is 5.82 Å². The van der Waals surface area contributed by atoms with Gasteiger partial charge in [-0.15, -0.1) is 10.2 Å². The van der Waals surface area contributed by atoms with Crippen molar-refractivity contribution in [3.63, 3.8) is 0 Å². The van der Waals surface area contributed by atoms with E-state index < -0.39 is 6.10 Å². The largest absolute Gasteiger partial charge is 0.481 e. The van der Waals surface area contributed by atoms with Crippen LogP contribution in [-0.2, 0) is 4.79 Å². The molecular formula is C18H20N6O2. The third kappa shape index (κ3) is 4.79. The number of benzene rings is 1. The standard InChI is InChI=1S/C18H20N6O2/c1-14(26-15-6-3-2-4-7-15)18(25)20-12-11-19-16-8-9-17(23-22-16)24-13-5-10-21-24/h2-10,13-14H,11-12H2,1H3,(H,19,22)(H,20,25). The summed E-state index contributed by atoms with van der Waals surface area (Å²) in [4.78, 5) is 12.0. The first-order valence-corrected chi connectivity index (χ1v) is 8.29. The molecule has 3 aromatic rings. The fourth-order valence-electron chi connectivity index (χ4n) is 2.22. The molecule has 0 aliphatic carbocycles. The molecule has 1 aromatic carbocycles. The monoisotopic (exact) mass is 352 g/mol. The molecule has 0 saturated heterocycles. The normalized spacial score (nSPS) is 11.6. The van der Waals surface area contributed by atoms with E-state index >= 15 is 0 Å². The first-order valence-electron chi connectivity index (χ1n) is 8.29. The molecule has 0 aliphatic heterocycles. The minimum absolute atomic E-state index is 0.171. The summed E-state index contributed by atoms with van der Waals surface area (Å²) in [6.45, 7) is 2.69. The summed E-state index contributed by atoms with van der Waals surface area (Å²) in [6.07, 6.45) is 2.91. The Morgan fingerprint density at radius 2 is 1.96 bits per heavy atom. The molecule has 0 saturated carbocycles. The van der Waals surface area contributed by atoms with E-state index in [-0.39, 0.29) is 5.91 Å². The summed E-state index contributed by atoms with van der Waals surface area (Å²) in [5.74, 6) is 1.76. The molecule has 26 heavy (non-hydrogen) atoms. The van der Waals surface area contributed by atoms with E-state index in [1.165, 1.54) is 0 Å². The Bertz CT molecular complexity index is 805. The number of hydrogen-bond donors (Lipinski definition) is 2. The Morgan fingerprint density at radius 3 is 2.65 bits per heavy atom. The second-order valence-corrected chi connectivity index (χ2v) is 5.52. The van der Waals surface area contributed by atoms with Crippen molar-refractivity contribution in [1.82, 2.24) is 25.3 Å². The molecule has 3 rings (SSSR count). The molecule has 2 aromatic heterocycles. The highest BCUT2D eigenvalue weighted by molar-refractivity contribution is 5.80. The molecule has 0 aliphatic rings. The van der Waals surface area contributed by atoms with Gasteiger partial charge in [0, 0.05) is 25.5 Å². The predicted octanol–water partition coefficient (Wildman–Crippen LogP) is 1.66. The van der Waals surface area contributed by atoms with Crippen molar-refractivity contribution in [2.45, 2.75) is 13.0 Å². The van der Waals surface area contributed by atoms with Crippen molar-refractivity contribution >= 4 is 11.7 Å². The van der Waals surface area contributed by atoms with Gasteiger partial charge < -0.3 is 15.4 Å². The van der Waals surface area contributed by atoms with Gasteiger partial charge in [0.15, 0.2) is 11.9 Å². The quantitative estimate of drug-likeness (QED) is 0.599. The van der Waals surface area contributed by atoms with Crippen LogP contribution in [-0.4, -0.2) is 45.1 Å². The first kappa shape index (κ1) is 17.4. The van der Waals surface area contributed by atoms with E-state index in [1.54, 1.807) is 24.0 Å². The summed E-state index contributed by atoms with van der Waals surface area (Å²) in [5.41, 5.74) is 0. The van der Waals surface area contributed by atoms with E-state index in [9.17, 15) is 4.79 Å². The molecule has 1 amide bonds. The maximum Gasteiger partial charge on any atom is 0.260 e. The molecule has 134 valence electrons. The predicted molar refractivity (Wildman–Crippen MR) is 97.2 cm³/mol. The summed E-state index contributed by atoms with van der Waals surface area (Å²) in [6, 6.07) is 14.7. The smallest absolute Gasteiger partial charge is 0.260 e. The number of anilines is 1. The van der Waals surface area contributed by atoms with Gasteiger partial charge in [-0.25, -0.2) is 4.68 Å². The number of nitrogens with zero attached hydrogens (tertiary/aromatic N) is 4. The van der Waals surface area contributed by atoms with Gasteiger partial charge in [0.1, 0.15) is 11.6 Å². The third-order valence-corrected chi connectivity index (χ3v) is 3.55. The van der Waals surface area contributed by atoms with E-state index in [0.29, 0.717) is 30.5 Å². The number of carbonyl (C=O) groups excluding carboxylic acids is 1. The van der Waals surface area contributed by atoms with Crippen LogP contribution in [0.1, 0.15) is 6.92 Å². The lowest BCUT2D eigenvalue weighted by Gasteiger charge is -2.14. The fraction of sp³-hybridized carbons (Fsp3) is 0.222. The third-order valence-electron chi connectivity index (χ3n) is 3.55. The van der Waals surface area contributed by atoms with E-state index in [2.05, 4.69) is 25.9 Å². The molecule has 2 N–H and O–H groups in total. The van der Waals surface area contributed by atoms with Gasteiger partial charge in [-0.05, 0) is 37.3 Å². The molecule has 0 spiro atoms. The number of carbonyl (C=O) groups is 1. The Balaban J connectivity index is 1.39. The van der Waals surface area contributed by atoms with Gasteiger partial charge in [0.2, 0.25) is 0 Å². The molecule has 0 bridgehead atoms. The maximum atomic E-state index is 12.0. The van der Waals surface area contributed by atoms with E-state index in [4.69, 9.17) is 4.74 Å². The van der Waals surface area contributed by atoms with E-state index in [0.717, 1.165) is 0 Å². The highest BCUT2D eigenvalue weighted by atomic mass is 16.5. The molecule has 0 fully saturated rings. The van der Waals surface area contributed by atoms with Crippen LogP contribution in [0.3, 0.4) is 0 Å². The number of hydrogen-bond acceptors (Lipinski definition) is 6. The van der Waals surface area contributed by atoms with Crippen LogP contribution in [0.25, 0.3) is 5.82 Å². The minimum atomic E-state index is -0.564. The van der Waals surface area contributed by atoms with Crippen LogP contribution < -0.4 is 15.4 Å². The maximum absolute atomic E-state index is 12.0. The van der Waals surface area contributed by atoms with Crippen molar-refractivity contribution in [3.05, 3.63) is 60.9 Å². The van der Waals surface area contributed by atoms with E-state index in [1.807, 2.05) is 48.5 Å². The molecular weight excluding hydrogens is 332 g/mol. The molecule has 1 atom stereocenters. The molecule has 1 unspecified atom stereocenters. The van der Waals surface area contributed by atoms with Crippen molar-refractivity contribution in [2.75, 3.05) is 18.4 Å².